The van der Waals surface area contributed by atoms with Gasteiger partial charge in [-0.05, 0) is 128 Å². The van der Waals surface area contributed by atoms with E-state index in [0.29, 0.717) is 73.4 Å². The van der Waals surface area contributed by atoms with E-state index >= 15 is 0 Å². The van der Waals surface area contributed by atoms with Gasteiger partial charge in [0.05, 0.1) is 76.9 Å². The number of alkyl halides is 12. The molecule has 0 aliphatic heterocycles. The topological polar surface area (TPSA) is 376 Å². The number of ketones is 1. The van der Waals surface area contributed by atoms with E-state index in [4.69, 9.17) is 16.6 Å². The Labute approximate surface area is 614 Å². The summed E-state index contributed by atoms with van der Waals surface area (Å²) in [5.74, 6) is 0.00946. The number of hydrogen-bond acceptors (Lipinski definition) is 17. The number of carbonyl (C=O) groups is 2. The number of aromatic nitrogens is 14. The molecule has 0 bridgehead atoms. The molecule has 0 saturated heterocycles. The Morgan fingerprint density at radius 2 is 0.781 bits per heavy atom. The van der Waals surface area contributed by atoms with Crippen molar-refractivity contribution >= 4 is 73.7 Å². The van der Waals surface area contributed by atoms with Gasteiger partial charge >= 0.3 is 47.8 Å². The molecule has 7 heterocycles. The Morgan fingerprint density at radius 3 is 1.12 bits per heavy atom. The summed E-state index contributed by atoms with van der Waals surface area (Å²) in [5.41, 5.74) is 8.84. The van der Waals surface area contributed by atoms with Gasteiger partial charge in [-0.15, -0.1) is 0 Å². The van der Waals surface area contributed by atoms with Crippen molar-refractivity contribution in [3.63, 3.8) is 0 Å². The van der Waals surface area contributed by atoms with E-state index in [1.807, 2.05) is 0 Å². The number of benzene rings is 4. The van der Waals surface area contributed by atoms with Gasteiger partial charge in [-0.2, -0.15) is 73.1 Å². The average molecular weight is 1560 g/mol. The number of amides is 1. The number of carbonyl (C=O) groups excluding carboxylic acids is 2. The van der Waals surface area contributed by atoms with Gasteiger partial charge in [0.1, 0.15) is 57.2 Å². The van der Waals surface area contributed by atoms with E-state index in [1.54, 1.807) is 48.5 Å². The Hall–Kier alpha value is -9.67. The summed E-state index contributed by atoms with van der Waals surface area (Å²) in [7, 11) is 0. The number of fused-ring (bicyclic) bond motifs is 3. The van der Waals surface area contributed by atoms with E-state index in [1.165, 1.54) is 69.0 Å². The van der Waals surface area contributed by atoms with Crippen LogP contribution in [0.5, 0.6) is 0 Å². The zero-order valence-electron chi connectivity index (χ0n) is 57.5. The van der Waals surface area contributed by atoms with E-state index in [2.05, 4.69) is 50.3 Å². The van der Waals surface area contributed by atoms with Crippen molar-refractivity contribution in [2.75, 3.05) is 12.3 Å². The molecule has 7 aromatic heterocycles. The maximum absolute atomic E-state index is 12.7. The second-order valence-corrected chi connectivity index (χ2v) is 23.1. The fourth-order valence-electron chi connectivity index (χ4n) is 10.3. The number of nitrogens with zero attached hydrogens (tertiary/aromatic N) is 11. The normalized spacial score (nSPS) is 12.7. The molecular formula is C66H69BrF12MgN16O9. The van der Waals surface area contributed by atoms with Crippen molar-refractivity contribution in [3.8, 4) is 0 Å². The van der Waals surface area contributed by atoms with Crippen LogP contribution in [0.2, 0.25) is 0 Å². The van der Waals surface area contributed by atoms with Crippen LogP contribution in [0.15, 0.2) is 111 Å². The molecule has 11 aromatic rings. The molecule has 11 rings (SSSR count). The van der Waals surface area contributed by atoms with Crippen LogP contribution in [0.3, 0.4) is 0 Å². The molecule has 11 N–H and O–H groups in total. The van der Waals surface area contributed by atoms with Crippen LogP contribution in [-0.4, -0.2) is 131 Å². The molecule has 3 unspecified atom stereocenters. The molecule has 0 spiro atoms. The molecule has 4 aromatic carbocycles. The average Bonchev–Trinajstić information content (AvgIpc) is 1.66. The molecule has 1 amide bonds. The molecule has 0 aliphatic carbocycles. The molecule has 0 fully saturated rings. The number of H-pyrrole nitrogens is 3. The van der Waals surface area contributed by atoms with Gasteiger partial charge in [0, 0.05) is 12.2 Å². The molecule has 560 valence electrons. The first-order valence-electron chi connectivity index (χ1n) is 30.2. The molecule has 3 atom stereocenters. The third kappa shape index (κ3) is 21.5. The van der Waals surface area contributed by atoms with Crippen LogP contribution >= 0.6 is 0 Å². The van der Waals surface area contributed by atoms with Crippen molar-refractivity contribution in [2.24, 2.45) is 5.73 Å². The van der Waals surface area contributed by atoms with Gasteiger partial charge in [-0.3, -0.25) is 24.0 Å². The Morgan fingerprint density at radius 1 is 0.495 bits per heavy atom. The van der Waals surface area contributed by atoms with Crippen LogP contribution in [0.4, 0.5) is 58.5 Å². The number of Topliss-reactive ketones (excluding diaryl/α,β-unsaturated/α-hetero) is 1. The number of hydrogen-bond donors (Lipinski definition) is 9. The third-order valence-electron chi connectivity index (χ3n) is 15.2. The zero-order chi connectivity index (χ0) is 76.1. The third-order valence-corrected chi connectivity index (χ3v) is 15.2. The number of primary amides is 1. The number of anilines is 1. The quantitative estimate of drug-likeness (QED) is 0.0258. The van der Waals surface area contributed by atoms with Crippen LogP contribution in [0.25, 0.3) is 33.1 Å². The fourth-order valence-corrected chi connectivity index (χ4v) is 10.3. The molecule has 105 heavy (non-hydrogen) atoms. The number of aliphatic hydroxyl groups excluding tert-OH is 3. The first-order chi connectivity index (χ1) is 47.3. The van der Waals surface area contributed by atoms with Crippen molar-refractivity contribution in [2.45, 2.75) is 131 Å². The number of aromatic amines is 3. The summed E-state index contributed by atoms with van der Waals surface area (Å²) in [5, 5.41) is 56.3. The molecule has 25 nitrogen and oxygen atoms in total. The fraction of sp³-hybridized carbons (Fsp3) is 0.318. The summed E-state index contributed by atoms with van der Waals surface area (Å²) in [6.07, 6.45) is -20.0. The summed E-state index contributed by atoms with van der Waals surface area (Å²) in [4.78, 5) is 80.1. The van der Waals surface area contributed by atoms with Gasteiger partial charge in [-0.25, -0.2) is 33.7 Å². The predicted octanol–water partition coefficient (Wildman–Crippen LogP) is 6.49. The maximum atomic E-state index is 12.7. The van der Waals surface area contributed by atoms with Gasteiger partial charge in [0.15, 0.2) is 22.7 Å². The van der Waals surface area contributed by atoms with Gasteiger partial charge < -0.3 is 71.3 Å². The van der Waals surface area contributed by atoms with E-state index in [0.717, 1.165) is 60.7 Å². The standard InChI is InChI=1S/C17H17F3N4O2.C16H15F3N4O2.C16H13F3N4O2.C14H15F3N4O2.C2H6O.CH3.BrH.Mg/c1-9-13-14(21-10(2)22-15(13)25)24(23-9)8-16(3,26)11-4-6-12(7-5-11)17(18,19)20;2*1-8-13-14(20-9(2)21-15(13)25)23(22-8)7-12(24)10-3-5-11(6-4-10)16(17,18)19;1-7-11(13(19)23)12(18)21(20-7)6-10(22)8-2-4-9(5-3-8)14(15,16)17;1-2-3;;;/h4-7,26H,8H2,1-3H3,(H,21,22,25);3-6,12,24H,7H2,1-2H3,(H,20,21,25);3-6H,7H2,1-2H3,(H,20,21,25);2-5,10,22H,6,18H2,1H3,(H2,19,23);3H,2H2,1H3;1H3;1H;/q;;;;;-1;;+2/p-1. The molecule has 0 aliphatic rings. The van der Waals surface area contributed by atoms with Gasteiger partial charge in [-0.1, -0.05) is 48.5 Å². The van der Waals surface area contributed by atoms with E-state index in [-0.39, 0.29) is 130 Å². The summed E-state index contributed by atoms with van der Waals surface area (Å²) in [6.45, 7) is 14.3. The minimum atomic E-state index is -4.46. The number of aliphatic hydroxyl groups is 4. The number of halogens is 13. The number of rotatable bonds is 13. The smallest absolute Gasteiger partial charge is 1.00 e. The number of nitrogen functional groups attached to an aromatic ring is 1. The number of nitrogens with one attached hydrogen (secondary N) is 3. The Balaban J connectivity index is 0.000000290. The molecule has 0 saturated carbocycles. The first kappa shape index (κ1) is 87.7. The largest absolute Gasteiger partial charge is 2.00 e. The van der Waals surface area contributed by atoms with Gasteiger partial charge in [0.2, 0.25) is 0 Å². The zero-order valence-corrected chi connectivity index (χ0v) is 60.5. The second-order valence-electron chi connectivity index (χ2n) is 23.1. The van der Waals surface area contributed by atoms with Crippen LogP contribution in [-0.2, 0) is 56.5 Å². The minimum Gasteiger partial charge on any atom is -1.00 e. The second kappa shape index (κ2) is 34.9. The molecule has 39 heteroatoms. The SMILES string of the molecule is CCO.Cc1nc2c(c(C)nn2CC(=O)c2ccc(C(F)(F)F)cc2)c(=O)[nH]1.Cc1nc2c(c(C)nn2CC(C)(O)c2ccc(C(F)(F)F)cc2)c(=O)[nH]1.Cc1nc2c(c(C)nn2CC(O)c2ccc(C(F)(F)F)cc2)c(=O)[nH]1.Cc1nn(CC(O)c2ccc(C(F)(F)F)cc2)c(N)c1C(N)=O.[Br-].[CH3-].[Mg+2]. The molecule has 0 radical (unpaired) electrons. The van der Waals surface area contributed by atoms with E-state index < -0.39 is 76.5 Å². The summed E-state index contributed by atoms with van der Waals surface area (Å²) in [6, 6.07) is 16.6. The first-order valence-corrected chi connectivity index (χ1v) is 30.2. The Bertz CT molecular complexity index is 5010. The van der Waals surface area contributed by atoms with Crippen LogP contribution in [0, 0.1) is 55.9 Å². The van der Waals surface area contributed by atoms with Crippen molar-refractivity contribution in [1.82, 2.24) is 69.0 Å². The van der Waals surface area contributed by atoms with Gasteiger partial charge in [0.25, 0.3) is 22.6 Å². The van der Waals surface area contributed by atoms with Crippen LogP contribution < -0.4 is 45.1 Å². The van der Waals surface area contributed by atoms with Crippen molar-refractivity contribution < 1.29 is 99.7 Å². The predicted molar refractivity (Wildman–Crippen MR) is 357 cm³/mol. The maximum Gasteiger partial charge on any atom is 2.00 e. The van der Waals surface area contributed by atoms with Crippen molar-refractivity contribution in [3.05, 3.63) is 226 Å². The van der Waals surface area contributed by atoms with Crippen LogP contribution in [0.1, 0.15) is 126 Å². The monoisotopic (exact) mass is 1560 g/mol. The number of aryl methyl sites for hydroxylation is 7. The minimum absolute atomic E-state index is 0. The summed E-state index contributed by atoms with van der Waals surface area (Å²) < 4.78 is 156. The Kier molecular flexibility index (Phi) is 29.2. The summed E-state index contributed by atoms with van der Waals surface area (Å²) >= 11 is 0. The van der Waals surface area contributed by atoms with Crippen molar-refractivity contribution in [1.29, 1.82) is 0 Å². The molecular weight excluding hydrogens is 1490 g/mol. The number of nitrogens with two attached hydrogens (primary N) is 2. The van der Waals surface area contributed by atoms with E-state index in [9.17, 15) is 92.0 Å².